The Kier molecular flexibility index (Phi) is 9.45. The molecule has 0 radical (unpaired) electrons. The number of carbonyl (C=O) groups is 1. The van der Waals surface area contributed by atoms with Gasteiger partial charge in [-0.3, -0.25) is 4.79 Å². The molecular formula is C33H29ClN2O4. The number of anilines is 1. The highest BCUT2D eigenvalue weighted by molar-refractivity contribution is 6.31. The van der Waals surface area contributed by atoms with Gasteiger partial charge in [-0.2, -0.15) is 5.26 Å². The van der Waals surface area contributed by atoms with Crippen LogP contribution in [0.1, 0.15) is 27.8 Å². The predicted octanol–water partition coefficient (Wildman–Crippen LogP) is 7.67. The zero-order valence-electron chi connectivity index (χ0n) is 22.5. The van der Waals surface area contributed by atoms with E-state index in [-0.39, 0.29) is 5.57 Å². The van der Waals surface area contributed by atoms with Crippen LogP contribution in [0.5, 0.6) is 17.2 Å². The zero-order chi connectivity index (χ0) is 28.5. The molecule has 4 aromatic rings. The van der Waals surface area contributed by atoms with Crippen molar-refractivity contribution in [3.63, 3.8) is 0 Å². The van der Waals surface area contributed by atoms with E-state index >= 15 is 0 Å². The van der Waals surface area contributed by atoms with E-state index in [1.165, 1.54) is 17.2 Å². The number of carbonyl (C=O) groups excluding carboxylic acids is 1. The Balaban J connectivity index is 1.39. The third kappa shape index (κ3) is 7.43. The maximum Gasteiger partial charge on any atom is 0.266 e. The first-order valence-corrected chi connectivity index (χ1v) is 13.0. The van der Waals surface area contributed by atoms with Crippen molar-refractivity contribution in [2.24, 2.45) is 0 Å². The standard InChI is InChI=1S/C33H29ClN2O4/c1-22-8-9-25(16-23(22)2)20-40-31-15-10-24(18-32(31)38-3)17-27(19-35)33(37)36-28-11-13-29(14-12-28)39-21-26-6-4-5-7-30(26)34/h4-18H,20-21H2,1-3H3,(H,36,37)/b27-17+. The van der Waals surface area contributed by atoms with Gasteiger partial charge in [0.05, 0.1) is 7.11 Å². The summed E-state index contributed by atoms with van der Waals surface area (Å²) in [7, 11) is 1.55. The van der Waals surface area contributed by atoms with Crippen molar-refractivity contribution < 1.29 is 19.0 Å². The number of halogens is 1. The minimum Gasteiger partial charge on any atom is -0.493 e. The van der Waals surface area contributed by atoms with Gasteiger partial charge in [0.2, 0.25) is 0 Å². The molecule has 0 heterocycles. The summed E-state index contributed by atoms with van der Waals surface area (Å²) in [5.74, 6) is 1.17. The topological polar surface area (TPSA) is 80.6 Å². The second-order valence-electron chi connectivity index (χ2n) is 9.15. The summed E-state index contributed by atoms with van der Waals surface area (Å²) in [6.07, 6.45) is 1.51. The van der Waals surface area contributed by atoms with E-state index in [4.69, 9.17) is 25.8 Å². The van der Waals surface area contributed by atoms with Crippen LogP contribution in [0.25, 0.3) is 6.08 Å². The first kappa shape index (κ1) is 28.3. The summed E-state index contributed by atoms with van der Waals surface area (Å²) in [5, 5.41) is 13.0. The molecule has 0 aliphatic rings. The average Bonchev–Trinajstić information content (AvgIpc) is 2.97. The number of amides is 1. The third-order valence-corrected chi connectivity index (χ3v) is 6.66. The van der Waals surface area contributed by atoms with Crippen molar-refractivity contribution in [2.45, 2.75) is 27.1 Å². The summed E-state index contributed by atoms with van der Waals surface area (Å²) in [6.45, 7) is 4.85. The predicted molar refractivity (Wildman–Crippen MR) is 158 cm³/mol. The Bertz CT molecular complexity index is 1570. The van der Waals surface area contributed by atoms with E-state index in [0.717, 1.165) is 11.1 Å². The van der Waals surface area contributed by atoms with Gasteiger partial charge < -0.3 is 19.5 Å². The molecule has 0 unspecified atom stereocenters. The van der Waals surface area contributed by atoms with Crippen molar-refractivity contribution in [1.29, 1.82) is 5.26 Å². The zero-order valence-corrected chi connectivity index (χ0v) is 23.3. The van der Waals surface area contributed by atoms with Gasteiger partial charge in [0.25, 0.3) is 5.91 Å². The van der Waals surface area contributed by atoms with Gasteiger partial charge in [-0.15, -0.1) is 0 Å². The lowest BCUT2D eigenvalue weighted by atomic mass is 10.1. The van der Waals surface area contributed by atoms with Crippen LogP contribution < -0.4 is 19.5 Å². The Morgan fingerprint density at radius 2 is 1.68 bits per heavy atom. The number of ether oxygens (including phenoxy) is 3. The quantitative estimate of drug-likeness (QED) is 0.161. The first-order chi connectivity index (χ1) is 19.4. The largest absolute Gasteiger partial charge is 0.493 e. The van der Waals surface area contributed by atoms with Crippen molar-refractivity contribution in [3.8, 4) is 23.3 Å². The van der Waals surface area contributed by atoms with E-state index in [1.54, 1.807) is 49.6 Å². The maximum absolute atomic E-state index is 12.8. The van der Waals surface area contributed by atoms with Gasteiger partial charge >= 0.3 is 0 Å². The summed E-state index contributed by atoms with van der Waals surface area (Å²) < 4.78 is 17.3. The van der Waals surface area contributed by atoms with E-state index in [1.807, 2.05) is 36.4 Å². The van der Waals surface area contributed by atoms with Crippen molar-refractivity contribution in [3.05, 3.63) is 123 Å². The molecular weight excluding hydrogens is 524 g/mol. The molecule has 0 saturated carbocycles. The molecule has 0 atom stereocenters. The highest BCUT2D eigenvalue weighted by Gasteiger charge is 2.12. The number of nitrogens with zero attached hydrogens (tertiary/aromatic N) is 1. The highest BCUT2D eigenvalue weighted by Crippen LogP contribution is 2.30. The van der Waals surface area contributed by atoms with Gasteiger partial charge in [0.15, 0.2) is 11.5 Å². The monoisotopic (exact) mass is 552 g/mol. The molecule has 0 aromatic heterocycles. The van der Waals surface area contributed by atoms with Gasteiger partial charge in [-0.05, 0) is 84.6 Å². The van der Waals surface area contributed by atoms with Crippen LogP contribution in [-0.2, 0) is 18.0 Å². The average molecular weight is 553 g/mol. The number of methoxy groups -OCH3 is 1. The molecule has 202 valence electrons. The summed E-state index contributed by atoms with van der Waals surface area (Å²) in [6, 6.07) is 27.8. The fourth-order valence-electron chi connectivity index (χ4n) is 3.87. The van der Waals surface area contributed by atoms with Crippen LogP contribution in [0.2, 0.25) is 5.02 Å². The van der Waals surface area contributed by atoms with E-state index in [2.05, 4.69) is 31.3 Å². The summed E-state index contributed by atoms with van der Waals surface area (Å²) in [5.41, 5.74) is 5.47. The van der Waals surface area contributed by atoms with Gasteiger partial charge in [0, 0.05) is 16.3 Å². The van der Waals surface area contributed by atoms with Crippen LogP contribution in [-0.4, -0.2) is 13.0 Å². The second kappa shape index (κ2) is 13.4. The lowest BCUT2D eigenvalue weighted by molar-refractivity contribution is -0.112. The molecule has 40 heavy (non-hydrogen) atoms. The molecule has 1 amide bonds. The van der Waals surface area contributed by atoms with Crippen molar-refractivity contribution in [2.75, 3.05) is 12.4 Å². The summed E-state index contributed by atoms with van der Waals surface area (Å²) in [4.78, 5) is 12.8. The van der Waals surface area contributed by atoms with Crippen molar-refractivity contribution >= 4 is 29.3 Å². The maximum atomic E-state index is 12.8. The number of hydrogen-bond acceptors (Lipinski definition) is 5. The Morgan fingerprint density at radius 1 is 0.900 bits per heavy atom. The fourth-order valence-corrected chi connectivity index (χ4v) is 4.06. The fraction of sp³-hybridized carbons (Fsp3) is 0.152. The lowest BCUT2D eigenvalue weighted by Gasteiger charge is -2.12. The lowest BCUT2D eigenvalue weighted by Crippen LogP contribution is -2.13. The molecule has 0 bridgehead atoms. The number of benzene rings is 4. The summed E-state index contributed by atoms with van der Waals surface area (Å²) >= 11 is 6.17. The highest BCUT2D eigenvalue weighted by atomic mass is 35.5. The number of nitriles is 1. The molecule has 4 rings (SSSR count). The minimum atomic E-state index is -0.527. The molecule has 6 nitrogen and oxygen atoms in total. The Hall–Kier alpha value is -4.73. The number of hydrogen-bond donors (Lipinski definition) is 1. The van der Waals surface area contributed by atoms with E-state index in [9.17, 15) is 10.1 Å². The Labute approximate surface area is 239 Å². The molecule has 1 N–H and O–H groups in total. The van der Waals surface area contributed by atoms with Gasteiger partial charge in [-0.1, -0.05) is 54.1 Å². The minimum absolute atomic E-state index is 0.0510. The SMILES string of the molecule is COc1cc(/C=C(\C#N)C(=O)Nc2ccc(OCc3ccccc3Cl)cc2)ccc1OCc1ccc(C)c(C)c1. The second-order valence-corrected chi connectivity index (χ2v) is 9.55. The Morgan fingerprint density at radius 3 is 2.38 bits per heavy atom. The van der Waals surface area contributed by atoms with E-state index in [0.29, 0.717) is 46.7 Å². The molecule has 7 heteroatoms. The van der Waals surface area contributed by atoms with Gasteiger partial charge in [-0.25, -0.2) is 0 Å². The molecule has 4 aromatic carbocycles. The van der Waals surface area contributed by atoms with Gasteiger partial charge in [0.1, 0.15) is 30.6 Å². The molecule has 0 fully saturated rings. The number of nitrogens with one attached hydrogen (secondary N) is 1. The third-order valence-electron chi connectivity index (χ3n) is 6.29. The van der Waals surface area contributed by atoms with Crippen LogP contribution >= 0.6 is 11.6 Å². The molecule has 0 aliphatic heterocycles. The van der Waals surface area contributed by atoms with Crippen LogP contribution in [0, 0.1) is 25.2 Å². The van der Waals surface area contributed by atoms with Crippen LogP contribution in [0.15, 0.2) is 90.5 Å². The van der Waals surface area contributed by atoms with Crippen LogP contribution in [0.4, 0.5) is 5.69 Å². The van der Waals surface area contributed by atoms with Crippen LogP contribution in [0.3, 0.4) is 0 Å². The molecule has 0 aliphatic carbocycles. The normalized spacial score (nSPS) is 10.9. The number of aryl methyl sites for hydroxylation is 2. The first-order valence-electron chi connectivity index (χ1n) is 12.6. The number of rotatable bonds is 10. The van der Waals surface area contributed by atoms with E-state index < -0.39 is 5.91 Å². The molecule has 0 spiro atoms. The molecule has 0 saturated heterocycles. The smallest absolute Gasteiger partial charge is 0.266 e. The van der Waals surface area contributed by atoms with Crippen molar-refractivity contribution in [1.82, 2.24) is 0 Å².